The number of ether oxygens (including phenoxy) is 2. The molecule has 1 aliphatic rings. The Bertz CT molecular complexity index is 589. The van der Waals surface area contributed by atoms with E-state index in [2.05, 4.69) is 20.6 Å². The van der Waals surface area contributed by atoms with Crippen LogP contribution < -0.4 is 20.1 Å². The van der Waals surface area contributed by atoms with Crippen molar-refractivity contribution in [2.75, 3.05) is 30.9 Å². The lowest BCUT2D eigenvalue weighted by Gasteiger charge is -2.19. The smallest absolute Gasteiger partial charge is 0.224 e. The van der Waals surface area contributed by atoms with Crippen molar-refractivity contribution in [1.82, 2.24) is 9.97 Å². The molecule has 0 bridgehead atoms. The highest BCUT2D eigenvalue weighted by Crippen LogP contribution is 2.33. The van der Waals surface area contributed by atoms with Gasteiger partial charge in [-0.05, 0) is 18.2 Å². The standard InChI is InChI=1S/C13H14N4O2/c1-14-13-15-5-4-12(17-13)16-9-2-3-10-11(8-9)19-7-6-18-10/h2-5,8H,6-7H2,1H3,(H2,14,15,16,17). The Morgan fingerprint density at radius 1 is 1.11 bits per heavy atom. The second-order valence-electron chi connectivity index (χ2n) is 4.00. The minimum absolute atomic E-state index is 0.572. The largest absolute Gasteiger partial charge is 0.486 e. The number of fused-ring (bicyclic) bond motifs is 1. The predicted octanol–water partition coefficient (Wildman–Crippen LogP) is 2.03. The Morgan fingerprint density at radius 2 is 1.95 bits per heavy atom. The molecule has 0 radical (unpaired) electrons. The fourth-order valence-corrected chi connectivity index (χ4v) is 1.82. The van der Waals surface area contributed by atoms with Crippen molar-refractivity contribution in [1.29, 1.82) is 0 Å². The second-order valence-corrected chi connectivity index (χ2v) is 4.00. The summed E-state index contributed by atoms with van der Waals surface area (Å²) in [5, 5.41) is 6.10. The summed E-state index contributed by atoms with van der Waals surface area (Å²) in [6.07, 6.45) is 1.69. The molecule has 1 aromatic carbocycles. The Balaban J connectivity index is 1.82. The molecule has 0 amide bonds. The van der Waals surface area contributed by atoms with Crippen LogP contribution in [0.2, 0.25) is 0 Å². The van der Waals surface area contributed by atoms with Gasteiger partial charge >= 0.3 is 0 Å². The molecule has 0 saturated heterocycles. The highest BCUT2D eigenvalue weighted by atomic mass is 16.6. The number of hydrogen-bond acceptors (Lipinski definition) is 6. The van der Waals surface area contributed by atoms with E-state index in [-0.39, 0.29) is 0 Å². The van der Waals surface area contributed by atoms with Gasteiger partial charge in [0.1, 0.15) is 19.0 Å². The molecule has 98 valence electrons. The SMILES string of the molecule is CNc1nccc(Nc2ccc3c(c2)OCCO3)n1. The molecule has 0 atom stereocenters. The topological polar surface area (TPSA) is 68.3 Å². The van der Waals surface area contributed by atoms with Gasteiger partial charge in [-0.1, -0.05) is 0 Å². The van der Waals surface area contributed by atoms with Crippen LogP contribution in [0.15, 0.2) is 30.5 Å². The summed E-state index contributed by atoms with van der Waals surface area (Å²) in [5.74, 6) is 2.81. The van der Waals surface area contributed by atoms with E-state index < -0.39 is 0 Å². The first-order valence-electron chi connectivity index (χ1n) is 6.02. The first kappa shape index (κ1) is 11.6. The summed E-state index contributed by atoms with van der Waals surface area (Å²) >= 11 is 0. The maximum Gasteiger partial charge on any atom is 0.224 e. The second kappa shape index (κ2) is 5.01. The van der Waals surface area contributed by atoms with Gasteiger partial charge in [-0.2, -0.15) is 4.98 Å². The molecule has 0 saturated carbocycles. The van der Waals surface area contributed by atoms with E-state index >= 15 is 0 Å². The van der Waals surface area contributed by atoms with E-state index in [1.54, 1.807) is 19.3 Å². The molecule has 19 heavy (non-hydrogen) atoms. The molecule has 0 fully saturated rings. The van der Waals surface area contributed by atoms with Crippen LogP contribution in [0, 0.1) is 0 Å². The van der Waals surface area contributed by atoms with Crippen molar-refractivity contribution in [3.05, 3.63) is 30.5 Å². The van der Waals surface area contributed by atoms with Crippen LogP contribution >= 0.6 is 0 Å². The third-order valence-electron chi connectivity index (χ3n) is 2.69. The molecule has 0 aliphatic carbocycles. The molecule has 0 unspecified atom stereocenters. The number of hydrogen-bond donors (Lipinski definition) is 2. The molecule has 1 aliphatic heterocycles. The molecule has 0 spiro atoms. The molecule has 2 N–H and O–H groups in total. The maximum atomic E-state index is 5.54. The number of benzene rings is 1. The Labute approximate surface area is 110 Å². The highest BCUT2D eigenvalue weighted by Gasteiger charge is 2.11. The van der Waals surface area contributed by atoms with Crippen LogP contribution in [0.3, 0.4) is 0 Å². The lowest BCUT2D eigenvalue weighted by molar-refractivity contribution is 0.171. The van der Waals surface area contributed by atoms with Crippen molar-refractivity contribution < 1.29 is 9.47 Å². The Hall–Kier alpha value is -2.50. The molecule has 1 aromatic heterocycles. The summed E-state index contributed by atoms with van der Waals surface area (Å²) in [4.78, 5) is 8.36. The van der Waals surface area contributed by atoms with Gasteiger partial charge < -0.3 is 20.1 Å². The van der Waals surface area contributed by atoms with Gasteiger partial charge in [-0.25, -0.2) is 4.98 Å². The van der Waals surface area contributed by atoms with Crippen molar-refractivity contribution in [2.24, 2.45) is 0 Å². The average Bonchev–Trinajstić information content (AvgIpc) is 2.47. The number of anilines is 3. The normalized spacial score (nSPS) is 12.9. The number of nitrogens with zero attached hydrogens (tertiary/aromatic N) is 2. The van der Waals surface area contributed by atoms with E-state index in [4.69, 9.17) is 9.47 Å². The van der Waals surface area contributed by atoms with Crippen LogP contribution in [0.25, 0.3) is 0 Å². The third-order valence-corrected chi connectivity index (χ3v) is 2.69. The van der Waals surface area contributed by atoms with Crippen LogP contribution in [0.4, 0.5) is 17.5 Å². The summed E-state index contributed by atoms with van der Waals surface area (Å²) in [6.45, 7) is 1.17. The fourth-order valence-electron chi connectivity index (χ4n) is 1.82. The van der Waals surface area contributed by atoms with Crippen molar-refractivity contribution >= 4 is 17.5 Å². The fraction of sp³-hybridized carbons (Fsp3) is 0.231. The van der Waals surface area contributed by atoms with Gasteiger partial charge in [-0.3, -0.25) is 0 Å². The zero-order chi connectivity index (χ0) is 13.1. The van der Waals surface area contributed by atoms with E-state index in [0.717, 1.165) is 23.0 Å². The van der Waals surface area contributed by atoms with Gasteiger partial charge in [0.25, 0.3) is 0 Å². The van der Waals surface area contributed by atoms with Crippen LogP contribution in [-0.2, 0) is 0 Å². The lowest BCUT2D eigenvalue weighted by Crippen LogP contribution is -2.15. The van der Waals surface area contributed by atoms with E-state index in [1.165, 1.54) is 0 Å². The Kier molecular flexibility index (Phi) is 3.06. The minimum atomic E-state index is 0.572. The van der Waals surface area contributed by atoms with Gasteiger partial charge in [0.15, 0.2) is 11.5 Å². The van der Waals surface area contributed by atoms with E-state index in [1.807, 2.05) is 18.2 Å². The summed E-state index contributed by atoms with van der Waals surface area (Å²) in [6, 6.07) is 7.51. The van der Waals surface area contributed by atoms with E-state index in [9.17, 15) is 0 Å². The number of nitrogens with one attached hydrogen (secondary N) is 2. The van der Waals surface area contributed by atoms with Crippen LogP contribution in [-0.4, -0.2) is 30.2 Å². The molecule has 6 heteroatoms. The molecule has 2 aromatic rings. The zero-order valence-electron chi connectivity index (χ0n) is 10.5. The van der Waals surface area contributed by atoms with Crippen molar-refractivity contribution in [3.8, 4) is 11.5 Å². The van der Waals surface area contributed by atoms with Gasteiger partial charge in [0.2, 0.25) is 5.95 Å². The minimum Gasteiger partial charge on any atom is -0.486 e. The zero-order valence-corrected chi connectivity index (χ0v) is 10.5. The molecule has 3 rings (SSSR count). The summed E-state index contributed by atoms with van der Waals surface area (Å²) in [5.41, 5.74) is 0.894. The summed E-state index contributed by atoms with van der Waals surface area (Å²) in [7, 11) is 1.78. The monoisotopic (exact) mass is 258 g/mol. The highest BCUT2D eigenvalue weighted by molar-refractivity contribution is 5.62. The predicted molar refractivity (Wildman–Crippen MR) is 72.3 cm³/mol. The Morgan fingerprint density at radius 3 is 2.79 bits per heavy atom. The lowest BCUT2D eigenvalue weighted by atomic mass is 10.2. The first-order chi connectivity index (χ1) is 9.35. The third kappa shape index (κ3) is 2.52. The van der Waals surface area contributed by atoms with Gasteiger partial charge in [0.05, 0.1) is 0 Å². The van der Waals surface area contributed by atoms with Crippen molar-refractivity contribution in [3.63, 3.8) is 0 Å². The quantitative estimate of drug-likeness (QED) is 0.878. The number of rotatable bonds is 3. The van der Waals surface area contributed by atoms with Gasteiger partial charge in [-0.15, -0.1) is 0 Å². The summed E-state index contributed by atoms with van der Waals surface area (Å²) < 4.78 is 11.0. The average molecular weight is 258 g/mol. The number of aromatic nitrogens is 2. The van der Waals surface area contributed by atoms with E-state index in [0.29, 0.717) is 19.2 Å². The molecule has 2 heterocycles. The molecular weight excluding hydrogens is 244 g/mol. The first-order valence-corrected chi connectivity index (χ1v) is 6.02. The van der Waals surface area contributed by atoms with Gasteiger partial charge in [0, 0.05) is 25.0 Å². The molecule has 6 nitrogen and oxygen atoms in total. The maximum absolute atomic E-state index is 5.54. The van der Waals surface area contributed by atoms with Crippen LogP contribution in [0.1, 0.15) is 0 Å². The molecular formula is C13H14N4O2. The van der Waals surface area contributed by atoms with Crippen molar-refractivity contribution in [2.45, 2.75) is 0 Å². The van der Waals surface area contributed by atoms with Crippen LogP contribution in [0.5, 0.6) is 11.5 Å².